The molecular formula is C24H27NO. The minimum atomic E-state index is 0.209. The van der Waals surface area contributed by atoms with Gasteiger partial charge in [-0.15, -0.1) is 0 Å². The van der Waals surface area contributed by atoms with Gasteiger partial charge in [-0.05, 0) is 92.4 Å². The van der Waals surface area contributed by atoms with E-state index in [-0.39, 0.29) is 5.41 Å². The van der Waals surface area contributed by atoms with Gasteiger partial charge in [0.2, 0.25) is 0 Å². The van der Waals surface area contributed by atoms with Crippen LogP contribution in [0.25, 0.3) is 0 Å². The molecule has 0 aromatic heterocycles. The molecule has 4 saturated carbocycles. The fourth-order valence-corrected chi connectivity index (χ4v) is 6.41. The van der Waals surface area contributed by atoms with Crippen molar-refractivity contribution >= 4 is 11.9 Å². The zero-order valence-corrected chi connectivity index (χ0v) is 15.5. The standard InChI is InChI=1S/C24H27NO/c1-16-7-20(15-25-21-5-3-2-4-6-21)23(26)22(8-16)24-12-17-9-18(13-24)11-19(10-17)14-24/h2-8,15,17-19,26H,9-14H2,1H3/b25-15+. The highest BCUT2D eigenvalue weighted by atomic mass is 16.3. The van der Waals surface area contributed by atoms with Crippen LogP contribution < -0.4 is 0 Å². The number of aromatic hydroxyl groups is 1. The number of hydrogen-bond donors (Lipinski definition) is 1. The summed E-state index contributed by atoms with van der Waals surface area (Å²) in [5.74, 6) is 3.10. The molecule has 26 heavy (non-hydrogen) atoms. The molecule has 2 aromatic rings. The second kappa shape index (κ2) is 5.97. The Bertz CT molecular complexity index is 817. The van der Waals surface area contributed by atoms with Gasteiger partial charge in [0, 0.05) is 17.3 Å². The van der Waals surface area contributed by atoms with Gasteiger partial charge in [-0.25, -0.2) is 0 Å². The van der Waals surface area contributed by atoms with Gasteiger partial charge < -0.3 is 5.11 Å². The Balaban J connectivity index is 1.54. The maximum Gasteiger partial charge on any atom is 0.128 e. The molecule has 0 spiro atoms. The molecule has 2 aromatic carbocycles. The molecule has 1 N–H and O–H groups in total. The Morgan fingerprint density at radius 1 is 0.962 bits per heavy atom. The van der Waals surface area contributed by atoms with Gasteiger partial charge in [-0.1, -0.05) is 24.3 Å². The third-order valence-corrected chi connectivity index (χ3v) is 7.00. The first-order valence-corrected chi connectivity index (χ1v) is 10.0. The lowest BCUT2D eigenvalue weighted by Crippen LogP contribution is -2.48. The first-order valence-electron chi connectivity index (χ1n) is 10.0. The summed E-state index contributed by atoms with van der Waals surface area (Å²) in [5.41, 5.74) is 4.42. The van der Waals surface area contributed by atoms with Crippen molar-refractivity contribution in [2.45, 2.75) is 50.9 Å². The van der Waals surface area contributed by atoms with Gasteiger partial charge in [0.25, 0.3) is 0 Å². The number of benzene rings is 2. The van der Waals surface area contributed by atoms with Gasteiger partial charge in [-0.2, -0.15) is 0 Å². The average molecular weight is 345 g/mol. The molecule has 0 heterocycles. The van der Waals surface area contributed by atoms with Crippen molar-refractivity contribution in [3.63, 3.8) is 0 Å². The highest BCUT2D eigenvalue weighted by molar-refractivity contribution is 5.86. The Morgan fingerprint density at radius 3 is 2.19 bits per heavy atom. The molecule has 4 aliphatic rings. The number of hydrogen-bond acceptors (Lipinski definition) is 2. The first kappa shape index (κ1) is 16.1. The highest BCUT2D eigenvalue weighted by Gasteiger charge is 2.52. The minimum absolute atomic E-state index is 0.209. The molecule has 0 radical (unpaired) electrons. The van der Waals surface area contributed by atoms with Gasteiger partial charge in [0.1, 0.15) is 5.75 Å². The quantitative estimate of drug-likeness (QED) is 0.688. The molecule has 2 heteroatoms. The van der Waals surface area contributed by atoms with E-state index in [1.54, 1.807) is 0 Å². The summed E-state index contributed by atoms with van der Waals surface area (Å²) in [6.07, 6.45) is 9.92. The molecule has 134 valence electrons. The van der Waals surface area contributed by atoms with Crippen LogP contribution in [0.5, 0.6) is 5.75 Å². The second-order valence-electron chi connectivity index (χ2n) is 9.04. The SMILES string of the molecule is Cc1cc(/C=N/c2ccccc2)c(O)c(C23CC4CC(CC(C4)C2)C3)c1. The summed E-state index contributed by atoms with van der Waals surface area (Å²) in [6.45, 7) is 2.14. The van der Waals surface area contributed by atoms with E-state index in [1.165, 1.54) is 49.7 Å². The van der Waals surface area contributed by atoms with Crippen molar-refractivity contribution in [3.05, 3.63) is 59.2 Å². The molecule has 2 nitrogen and oxygen atoms in total. The first-order chi connectivity index (χ1) is 12.6. The van der Waals surface area contributed by atoms with Gasteiger partial charge >= 0.3 is 0 Å². The molecule has 4 fully saturated rings. The van der Waals surface area contributed by atoms with E-state index < -0.39 is 0 Å². The van der Waals surface area contributed by atoms with Crippen LogP contribution in [-0.4, -0.2) is 11.3 Å². The molecule has 0 unspecified atom stereocenters. The molecule has 0 saturated heterocycles. The number of phenols is 1. The van der Waals surface area contributed by atoms with E-state index in [2.05, 4.69) is 24.0 Å². The van der Waals surface area contributed by atoms with E-state index in [0.717, 1.165) is 29.0 Å². The van der Waals surface area contributed by atoms with Crippen molar-refractivity contribution in [2.75, 3.05) is 0 Å². The van der Waals surface area contributed by atoms with Crippen LogP contribution in [0.15, 0.2) is 47.5 Å². The lowest BCUT2D eigenvalue weighted by molar-refractivity contribution is -0.00616. The zero-order valence-electron chi connectivity index (χ0n) is 15.5. The molecule has 4 aliphatic carbocycles. The van der Waals surface area contributed by atoms with E-state index >= 15 is 0 Å². The maximum absolute atomic E-state index is 11.2. The van der Waals surface area contributed by atoms with Crippen LogP contribution in [-0.2, 0) is 5.41 Å². The van der Waals surface area contributed by atoms with Crippen molar-refractivity contribution < 1.29 is 5.11 Å². The van der Waals surface area contributed by atoms with Gasteiger partial charge in [0.05, 0.1) is 5.69 Å². The summed E-state index contributed by atoms with van der Waals surface area (Å²) >= 11 is 0. The smallest absolute Gasteiger partial charge is 0.128 e. The predicted octanol–water partition coefficient (Wildman–Crippen LogP) is 5.92. The van der Waals surface area contributed by atoms with E-state index in [1.807, 2.05) is 36.5 Å². The fourth-order valence-electron chi connectivity index (χ4n) is 6.41. The largest absolute Gasteiger partial charge is 0.507 e. The van der Waals surface area contributed by atoms with Crippen LogP contribution in [0.3, 0.4) is 0 Å². The topological polar surface area (TPSA) is 32.6 Å². The maximum atomic E-state index is 11.2. The Labute approximate surface area is 156 Å². The number of aryl methyl sites for hydroxylation is 1. The summed E-state index contributed by atoms with van der Waals surface area (Å²) in [4.78, 5) is 4.58. The highest BCUT2D eigenvalue weighted by Crippen LogP contribution is 2.62. The van der Waals surface area contributed by atoms with Crippen molar-refractivity contribution in [1.29, 1.82) is 0 Å². The van der Waals surface area contributed by atoms with Gasteiger partial charge in [0.15, 0.2) is 0 Å². The van der Waals surface area contributed by atoms with Crippen LogP contribution in [0.4, 0.5) is 5.69 Å². The number of para-hydroxylation sites is 1. The Kier molecular flexibility index (Phi) is 3.70. The van der Waals surface area contributed by atoms with Crippen molar-refractivity contribution in [3.8, 4) is 5.75 Å². The number of nitrogens with zero attached hydrogens (tertiary/aromatic N) is 1. The monoisotopic (exact) mass is 345 g/mol. The summed E-state index contributed by atoms with van der Waals surface area (Å²) in [7, 11) is 0. The molecule has 0 amide bonds. The van der Waals surface area contributed by atoms with Crippen molar-refractivity contribution in [2.24, 2.45) is 22.7 Å². The second-order valence-corrected chi connectivity index (χ2v) is 9.04. The number of aliphatic imine (C=N–C) groups is 1. The summed E-state index contributed by atoms with van der Waals surface area (Å²) in [5, 5.41) is 11.2. The lowest BCUT2D eigenvalue weighted by atomic mass is 9.48. The van der Waals surface area contributed by atoms with Gasteiger partial charge in [-0.3, -0.25) is 4.99 Å². The van der Waals surface area contributed by atoms with Crippen LogP contribution in [0, 0.1) is 24.7 Å². The Hall–Kier alpha value is -2.09. The van der Waals surface area contributed by atoms with E-state index in [9.17, 15) is 5.11 Å². The Morgan fingerprint density at radius 2 is 1.58 bits per heavy atom. The molecule has 4 bridgehead atoms. The normalized spacial score (nSPS) is 32.4. The molecule has 6 rings (SSSR count). The zero-order chi connectivity index (χ0) is 17.7. The molecular weight excluding hydrogens is 318 g/mol. The molecule has 0 atom stereocenters. The number of rotatable bonds is 3. The average Bonchev–Trinajstić information content (AvgIpc) is 2.62. The van der Waals surface area contributed by atoms with E-state index in [4.69, 9.17) is 0 Å². The third-order valence-electron chi connectivity index (χ3n) is 7.00. The predicted molar refractivity (Wildman–Crippen MR) is 106 cm³/mol. The van der Waals surface area contributed by atoms with Crippen LogP contribution in [0.2, 0.25) is 0 Å². The third kappa shape index (κ3) is 2.67. The number of phenolic OH excluding ortho intramolecular Hbond substituents is 1. The van der Waals surface area contributed by atoms with Crippen molar-refractivity contribution in [1.82, 2.24) is 0 Å². The lowest BCUT2D eigenvalue weighted by Gasteiger charge is -2.57. The van der Waals surface area contributed by atoms with E-state index in [0.29, 0.717) is 5.75 Å². The summed E-state index contributed by atoms with van der Waals surface area (Å²) < 4.78 is 0. The fraction of sp³-hybridized carbons (Fsp3) is 0.458. The van der Waals surface area contributed by atoms with Crippen LogP contribution >= 0.6 is 0 Å². The molecule has 0 aliphatic heterocycles. The minimum Gasteiger partial charge on any atom is -0.507 e. The van der Waals surface area contributed by atoms with Crippen LogP contribution in [0.1, 0.15) is 55.2 Å². The summed E-state index contributed by atoms with van der Waals surface area (Å²) in [6, 6.07) is 14.3.